The van der Waals surface area contributed by atoms with Gasteiger partial charge in [0, 0.05) is 24.4 Å². The highest BCUT2D eigenvalue weighted by atomic mass is 35.5. The maximum Gasteiger partial charge on any atom is 0.0745 e. The molecule has 1 aromatic heterocycles. The molecule has 3 heteroatoms. The summed E-state index contributed by atoms with van der Waals surface area (Å²) in [5.74, 6) is 0.246. The van der Waals surface area contributed by atoms with E-state index in [1.807, 2.05) is 24.4 Å². The van der Waals surface area contributed by atoms with Crippen molar-refractivity contribution in [3.05, 3.63) is 30.1 Å². The van der Waals surface area contributed by atoms with Crippen LogP contribution in [0.25, 0.3) is 0 Å². The molecular weight excluding hydrogens is 210 g/mol. The zero-order chi connectivity index (χ0) is 10.7. The summed E-state index contributed by atoms with van der Waals surface area (Å²) in [6.45, 7) is 2.96. The Balaban J connectivity index is 2.03. The topological polar surface area (TPSA) is 22.1 Å². The van der Waals surface area contributed by atoms with E-state index in [1.165, 1.54) is 0 Å². The lowest BCUT2D eigenvalue weighted by Gasteiger charge is -2.22. The van der Waals surface area contributed by atoms with Gasteiger partial charge in [0.1, 0.15) is 0 Å². The van der Waals surface area contributed by atoms with Crippen molar-refractivity contribution in [2.75, 3.05) is 6.61 Å². The SMILES string of the molecule is CC(c1ccccn1)C(Cl)C1CCCO1. The van der Waals surface area contributed by atoms with Crippen molar-refractivity contribution >= 4 is 11.6 Å². The molecule has 2 rings (SSSR count). The summed E-state index contributed by atoms with van der Waals surface area (Å²) in [7, 11) is 0. The van der Waals surface area contributed by atoms with Gasteiger partial charge in [0.15, 0.2) is 0 Å². The Morgan fingerprint density at radius 2 is 2.40 bits per heavy atom. The normalized spacial score (nSPS) is 25.1. The molecule has 1 aliphatic rings. The first-order valence-electron chi connectivity index (χ1n) is 5.45. The number of nitrogens with zero attached hydrogens (tertiary/aromatic N) is 1. The summed E-state index contributed by atoms with van der Waals surface area (Å²) < 4.78 is 5.60. The van der Waals surface area contributed by atoms with E-state index in [-0.39, 0.29) is 17.4 Å². The van der Waals surface area contributed by atoms with Crippen LogP contribution in [0, 0.1) is 0 Å². The second-order valence-electron chi connectivity index (χ2n) is 4.04. The van der Waals surface area contributed by atoms with Crippen LogP contribution in [-0.4, -0.2) is 23.1 Å². The molecule has 82 valence electrons. The summed E-state index contributed by atoms with van der Waals surface area (Å²) in [5.41, 5.74) is 1.05. The molecule has 1 aromatic rings. The molecule has 3 atom stereocenters. The van der Waals surface area contributed by atoms with E-state index in [4.69, 9.17) is 16.3 Å². The third-order valence-electron chi connectivity index (χ3n) is 2.95. The van der Waals surface area contributed by atoms with Crippen molar-refractivity contribution in [3.8, 4) is 0 Å². The van der Waals surface area contributed by atoms with E-state index in [0.717, 1.165) is 25.1 Å². The number of rotatable bonds is 3. The predicted molar refractivity (Wildman–Crippen MR) is 61.3 cm³/mol. The largest absolute Gasteiger partial charge is 0.377 e. The molecule has 1 saturated heterocycles. The van der Waals surface area contributed by atoms with Crippen molar-refractivity contribution in [1.29, 1.82) is 0 Å². The fourth-order valence-corrected chi connectivity index (χ4v) is 2.31. The van der Waals surface area contributed by atoms with Gasteiger partial charge in [0.25, 0.3) is 0 Å². The summed E-state index contributed by atoms with van der Waals surface area (Å²) >= 11 is 6.41. The Morgan fingerprint density at radius 3 is 3.00 bits per heavy atom. The Kier molecular flexibility index (Phi) is 3.60. The fourth-order valence-electron chi connectivity index (χ4n) is 1.98. The third-order valence-corrected chi connectivity index (χ3v) is 3.61. The second-order valence-corrected chi connectivity index (χ2v) is 4.54. The molecule has 0 bridgehead atoms. The van der Waals surface area contributed by atoms with Crippen LogP contribution in [0.15, 0.2) is 24.4 Å². The number of pyridine rings is 1. The minimum atomic E-state index is 0.0300. The van der Waals surface area contributed by atoms with Gasteiger partial charge in [-0.25, -0.2) is 0 Å². The van der Waals surface area contributed by atoms with E-state index < -0.39 is 0 Å². The van der Waals surface area contributed by atoms with Gasteiger partial charge >= 0.3 is 0 Å². The van der Waals surface area contributed by atoms with Crippen LogP contribution in [0.2, 0.25) is 0 Å². The maximum atomic E-state index is 6.41. The van der Waals surface area contributed by atoms with E-state index in [9.17, 15) is 0 Å². The van der Waals surface area contributed by atoms with Crippen LogP contribution in [0.3, 0.4) is 0 Å². The van der Waals surface area contributed by atoms with Gasteiger partial charge in [-0.3, -0.25) is 4.98 Å². The average molecular weight is 226 g/mol. The van der Waals surface area contributed by atoms with E-state index in [1.54, 1.807) is 0 Å². The van der Waals surface area contributed by atoms with Crippen LogP contribution in [0.4, 0.5) is 0 Å². The molecule has 3 unspecified atom stereocenters. The average Bonchev–Trinajstić information content (AvgIpc) is 2.82. The molecule has 0 saturated carbocycles. The third kappa shape index (κ3) is 2.50. The molecule has 1 fully saturated rings. The predicted octanol–water partition coefficient (Wildman–Crippen LogP) is 2.97. The first kappa shape index (κ1) is 10.9. The molecule has 2 heterocycles. The second kappa shape index (κ2) is 4.95. The summed E-state index contributed by atoms with van der Waals surface area (Å²) in [6, 6.07) is 5.94. The van der Waals surface area contributed by atoms with Gasteiger partial charge in [-0.1, -0.05) is 13.0 Å². The van der Waals surface area contributed by atoms with Gasteiger partial charge in [-0.05, 0) is 25.0 Å². The quantitative estimate of drug-likeness (QED) is 0.738. The molecule has 0 N–H and O–H groups in total. The lowest BCUT2D eigenvalue weighted by atomic mass is 9.97. The molecule has 0 aromatic carbocycles. The molecule has 0 amide bonds. The van der Waals surface area contributed by atoms with Crippen LogP contribution in [-0.2, 0) is 4.74 Å². The van der Waals surface area contributed by atoms with Crippen molar-refractivity contribution in [1.82, 2.24) is 4.98 Å². The summed E-state index contributed by atoms with van der Waals surface area (Å²) in [5, 5.41) is 0.0300. The van der Waals surface area contributed by atoms with Crippen molar-refractivity contribution in [2.45, 2.75) is 37.2 Å². The lowest BCUT2D eigenvalue weighted by Crippen LogP contribution is -2.25. The standard InChI is InChI=1S/C12H16ClNO/c1-9(10-5-2-3-7-14-10)12(13)11-6-4-8-15-11/h2-3,5,7,9,11-12H,4,6,8H2,1H3. The highest BCUT2D eigenvalue weighted by Crippen LogP contribution is 2.30. The Hall–Kier alpha value is -0.600. The van der Waals surface area contributed by atoms with Crippen LogP contribution in [0.1, 0.15) is 31.4 Å². The number of ether oxygens (including phenoxy) is 1. The van der Waals surface area contributed by atoms with E-state index in [2.05, 4.69) is 11.9 Å². The van der Waals surface area contributed by atoms with Gasteiger partial charge in [0.2, 0.25) is 0 Å². The van der Waals surface area contributed by atoms with Crippen LogP contribution in [0.5, 0.6) is 0 Å². The number of halogens is 1. The van der Waals surface area contributed by atoms with Gasteiger partial charge < -0.3 is 4.74 Å². The molecule has 0 aliphatic carbocycles. The van der Waals surface area contributed by atoms with Crippen molar-refractivity contribution in [2.24, 2.45) is 0 Å². The molecule has 2 nitrogen and oxygen atoms in total. The number of aromatic nitrogens is 1. The highest BCUT2D eigenvalue weighted by molar-refractivity contribution is 6.21. The minimum Gasteiger partial charge on any atom is -0.377 e. The molecule has 15 heavy (non-hydrogen) atoms. The van der Waals surface area contributed by atoms with Gasteiger partial charge in [-0.2, -0.15) is 0 Å². The number of alkyl halides is 1. The molecular formula is C12H16ClNO. The Morgan fingerprint density at radius 1 is 1.53 bits per heavy atom. The fraction of sp³-hybridized carbons (Fsp3) is 0.583. The first-order valence-corrected chi connectivity index (χ1v) is 5.89. The van der Waals surface area contributed by atoms with Crippen LogP contribution < -0.4 is 0 Å². The van der Waals surface area contributed by atoms with E-state index >= 15 is 0 Å². The number of hydrogen-bond donors (Lipinski definition) is 0. The molecule has 1 aliphatic heterocycles. The lowest BCUT2D eigenvalue weighted by molar-refractivity contribution is 0.102. The van der Waals surface area contributed by atoms with Gasteiger partial charge in [-0.15, -0.1) is 11.6 Å². The molecule has 0 spiro atoms. The Bertz CT molecular complexity index is 298. The first-order chi connectivity index (χ1) is 7.29. The van der Waals surface area contributed by atoms with Crippen molar-refractivity contribution < 1.29 is 4.74 Å². The smallest absolute Gasteiger partial charge is 0.0745 e. The maximum absolute atomic E-state index is 6.41. The molecule has 0 radical (unpaired) electrons. The van der Waals surface area contributed by atoms with Crippen LogP contribution >= 0.6 is 11.6 Å². The minimum absolute atomic E-state index is 0.0300. The number of hydrogen-bond acceptors (Lipinski definition) is 2. The monoisotopic (exact) mass is 225 g/mol. The zero-order valence-electron chi connectivity index (χ0n) is 8.90. The van der Waals surface area contributed by atoms with E-state index in [0.29, 0.717) is 0 Å². The summed E-state index contributed by atoms with van der Waals surface area (Å²) in [6.07, 6.45) is 4.21. The van der Waals surface area contributed by atoms with Gasteiger partial charge in [0.05, 0.1) is 11.5 Å². The zero-order valence-corrected chi connectivity index (χ0v) is 9.65. The highest BCUT2D eigenvalue weighted by Gasteiger charge is 2.29. The van der Waals surface area contributed by atoms with Crippen molar-refractivity contribution in [3.63, 3.8) is 0 Å². The Labute approximate surface area is 95.6 Å². The summed E-state index contributed by atoms with van der Waals surface area (Å²) in [4.78, 5) is 4.33.